The molecule has 3 heteroatoms. The Morgan fingerprint density at radius 3 is 2.65 bits per heavy atom. The lowest BCUT2D eigenvalue weighted by molar-refractivity contribution is 0.0728. The summed E-state index contributed by atoms with van der Waals surface area (Å²) in [4.78, 5) is 14.1. The van der Waals surface area contributed by atoms with Gasteiger partial charge in [-0.1, -0.05) is 6.08 Å². The van der Waals surface area contributed by atoms with Gasteiger partial charge in [0.05, 0.1) is 0 Å². The molecule has 0 atom stereocenters. The van der Waals surface area contributed by atoms with Gasteiger partial charge in [-0.15, -0.1) is 6.58 Å². The van der Waals surface area contributed by atoms with Crippen LogP contribution in [0.1, 0.15) is 29.8 Å². The van der Waals surface area contributed by atoms with Crippen molar-refractivity contribution < 1.29 is 4.79 Å². The van der Waals surface area contributed by atoms with E-state index in [-0.39, 0.29) is 11.9 Å². The van der Waals surface area contributed by atoms with Gasteiger partial charge in [-0.2, -0.15) is 0 Å². The predicted molar refractivity (Wildman–Crippen MR) is 72.0 cm³/mol. The van der Waals surface area contributed by atoms with Crippen molar-refractivity contribution in [1.82, 2.24) is 4.90 Å². The summed E-state index contributed by atoms with van der Waals surface area (Å²) in [6.07, 6.45) is 1.74. The lowest BCUT2D eigenvalue weighted by Crippen LogP contribution is -2.37. The topological polar surface area (TPSA) is 46.3 Å². The van der Waals surface area contributed by atoms with E-state index < -0.39 is 0 Å². The number of nitrogens with two attached hydrogens (primary N) is 1. The van der Waals surface area contributed by atoms with Crippen LogP contribution in [0.15, 0.2) is 30.9 Å². The molecule has 0 aromatic heterocycles. The summed E-state index contributed by atoms with van der Waals surface area (Å²) in [6.45, 7) is 10.1. The molecule has 0 spiro atoms. The minimum Gasteiger partial charge on any atom is -0.399 e. The van der Waals surface area contributed by atoms with Crippen molar-refractivity contribution in [2.45, 2.75) is 26.8 Å². The average Bonchev–Trinajstić information content (AvgIpc) is 2.24. The zero-order valence-corrected chi connectivity index (χ0v) is 10.7. The van der Waals surface area contributed by atoms with Gasteiger partial charge in [-0.3, -0.25) is 4.79 Å². The standard InChI is InChI=1S/C14H20N2O/c1-5-8-16(10(2)3)14(17)13-7-6-12(15)9-11(13)4/h5-7,9-10H,1,8,15H2,2-4H3. The molecule has 92 valence electrons. The molecule has 0 aliphatic rings. The quantitative estimate of drug-likeness (QED) is 0.640. The second kappa shape index (κ2) is 5.53. The number of rotatable bonds is 4. The summed E-state index contributed by atoms with van der Waals surface area (Å²) in [6, 6.07) is 5.51. The molecule has 0 saturated heterocycles. The summed E-state index contributed by atoms with van der Waals surface area (Å²) in [7, 11) is 0. The minimum absolute atomic E-state index is 0.0254. The molecule has 0 aliphatic carbocycles. The SMILES string of the molecule is C=CCN(C(=O)c1ccc(N)cc1C)C(C)C. The maximum Gasteiger partial charge on any atom is 0.254 e. The van der Waals surface area contributed by atoms with Crippen LogP contribution < -0.4 is 5.73 Å². The fourth-order valence-corrected chi connectivity index (χ4v) is 1.75. The summed E-state index contributed by atoms with van der Waals surface area (Å²) in [5, 5.41) is 0. The number of nitrogens with zero attached hydrogens (tertiary/aromatic N) is 1. The highest BCUT2D eigenvalue weighted by atomic mass is 16.2. The fraction of sp³-hybridized carbons (Fsp3) is 0.357. The van der Waals surface area contributed by atoms with Crippen molar-refractivity contribution in [3.05, 3.63) is 42.0 Å². The van der Waals surface area contributed by atoms with Crippen LogP contribution in [0.4, 0.5) is 5.69 Å². The molecule has 0 unspecified atom stereocenters. The number of hydrogen-bond donors (Lipinski definition) is 1. The lowest BCUT2D eigenvalue weighted by Gasteiger charge is -2.26. The van der Waals surface area contributed by atoms with Crippen LogP contribution in [0.25, 0.3) is 0 Å². The molecule has 17 heavy (non-hydrogen) atoms. The maximum absolute atomic E-state index is 12.3. The van der Waals surface area contributed by atoms with Gasteiger partial charge in [0.2, 0.25) is 0 Å². The zero-order valence-electron chi connectivity index (χ0n) is 10.7. The second-order valence-electron chi connectivity index (χ2n) is 4.41. The number of nitrogen functional groups attached to an aromatic ring is 1. The Bertz CT molecular complexity index is 424. The third kappa shape index (κ3) is 3.09. The molecule has 1 aromatic carbocycles. The first-order valence-corrected chi connectivity index (χ1v) is 5.75. The summed E-state index contributed by atoms with van der Waals surface area (Å²) in [5.74, 6) is 0.0254. The maximum atomic E-state index is 12.3. The van der Waals surface area contributed by atoms with E-state index in [4.69, 9.17) is 5.73 Å². The largest absolute Gasteiger partial charge is 0.399 e. The van der Waals surface area contributed by atoms with Gasteiger partial charge in [-0.25, -0.2) is 0 Å². The van der Waals surface area contributed by atoms with E-state index in [1.807, 2.05) is 26.8 Å². The highest BCUT2D eigenvalue weighted by molar-refractivity contribution is 5.96. The number of amides is 1. The summed E-state index contributed by atoms with van der Waals surface area (Å²) in [5.41, 5.74) is 7.97. The van der Waals surface area contributed by atoms with E-state index in [9.17, 15) is 4.79 Å². The number of anilines is 1. The normalized spacial score (nSPS) is 10.4. The Morgan fingerprint density at radius 2 is 2.18 bits per heavy atom. The molecule has 0 radical (unpaired) electrons. The first kappa shape index (κ1) is 13.3. The van der Waals surface area contributed by atoms with Gasteiger partial charge in [0, 0.05) is 23.8 Å². The minimum atomic E-state index is 0.0254. The van der Waals surface area contributed by atoms with Gasteiger partial charge in [-0.05, 0) is 44.5 Å². The van der Waals surface area contributed by atoms with Gasteiger partial charge in [0.25, 0.3) is 5.91 Å². The van der Waals surface area contributed by atoms with Crippen LogP contribution in [0.3, 0.4) is 0 Å². The molecule has 3 nitrogen and oxygen atoms in total. The first-order valence-electron chi connectivity index (χ1n) is 5.75. The highest BCUT2D eigenvalue weighted by Crippen LogP contribution is 2.16. The number of carbonyl (C=O) groups is 1. The highest BCUT2D eigenvalue weighted by Gasteiger charge is 2.18. The van der Waals surface area contributed by atoms with Gasteiger partial charge >= 0.3 is 0 Å². The smallest absolute Gasteiger partial charge is 0.254 e. The van der Waals surface area contributed by atoms with Crippen molar-refractivity contribution in [2.75, 3.05) is 12.3 Å². The molecule has 1 aromatic rings. The fourth-order valence-electron chi connectivity index (χ4n) is 1.75. The third-order valence-electron chi connectivity index (χ3n) is 2.69. The Morgan fingerprint density at radius 1 is 1.53 bits per heavy atom. The van der Waals surface area contributed by atoms with E-state index in [2.05, 4.69) is 6.58 Å². The van der Waals surface area contributed by atoms with Crippen molar-refractivity contribution in [3.8, 4) is 0 Å². The van der Waals surface area contributed by atoms with Crippen LogP contribution >= 0.6 is 0 Å². The first-order chi connectivity index (χ1) is 7.97. The van der Waals surface area contributed by atoms with E-state index in [1.54, 1.807) is 23.1 Å². The van der Waals surface area contributed by atoms with E-state index >= 15 is 0 Å². The van der Waals surface area contributed by atoms with Gasteiger partial charge in [0.1, 0.15) is 0 Å². The molecule has 0 fully saturated rings. The summed E-state index contributed by atoms with van der Waals surface area (Å²) < 4.78 is 0. The molecule has 2 N–H and O–H groups in total. The van der Waals surface area contributed by atoms with Crippen molar-refractivity contribution in [2.24, 2.45) is 0 Å². The molecule has 0 saturated carbocycles. The number of hydrogen-bond acceptors (Lipinski definition) is 2. The van der Waals surface area contributed by atoms with Gasteiger partial charge < -0.3 is 10.6 Å². The van der Waals surface area contributed by atoms with Crippen molar-refractivity contribution in [3.63, 3.8) is 0 Å². The molecule has 1 amide bonds. The average molecular weight is 232 g/mol. The second-order valence-corrected chi connectivity index (χ2v) is 4.41. The molecule has 0 heterocycles. The molecule has 0 aliphatic heterocycles. The molecular weight excluding hydrogens is 212 g/mol. The van der Waals surface area contributed by atoms with Crippen LogP contribution in [0.2, 0.25) is 0 Å². The zero-order chi connectivity index (χ0) is 13.0. The lowest BCUT2D eigenvalue weighted by atomic mass is 10.1. The number of benzene rings is 1. The van der Waals surface area contributed by atoms with Crippen molar-refractivity contribution >= 4 is 11.6 Å². The third-order valence-corrected chi connectivity index (χ3v) is 2.69. The van der Waals surface area contributed by atoms with Gasteiger partial charge in [0.15, 0.2) is 0 Å². The molecule has 0 bridgehead atoms. The molecular formula is C14H20N2O. The number of aryl methyl sites for hydroxylation is 1. The van der Waals surface area contributed by atoms with Crippen LogP contribution in [0.5, 0.6) is 0 Å². The van der Waals surface area contributed by atoms with Crippen molar-refractivity contribution in [1.29, 1.82) is 0 Å². The predicted octanol–water partition coefficient (Wildman–Crippen LogP) is 2.61. The van der Waals surface area contributed by atoms with E-state index in [0.717, 1.165) is 5.56 Å². The Hall–Kier alpha value is -1.77. The monoisotopic (exact) mass is 232 g/mol. The van der Waals surface area contributed by atoms with E-state index in [0.29, 0.717) is 17.8 Å². The summed E-state index contributed by atoms with van der Waals surface area (Å²) >= 11 is 0. The number of carbonyl (C=O) groups excluding carboxylic acids is 1. The Kier molecular flexibility index (Phi) is 4.32. The Labute approximate surface area is 103 Å². The van der Waals surface area contributed by atoms with Crippen LogP contribution in [0, 0.1) is 6.92 Å². The molecule has 1 rings (SSSR count). The van der Waals surface area contributed by atoms with E-state index in [1.165, 1.54) is 0 Å². The van der Waals surface area contributed by atoms with Crippen LogP contribution in [-0.4, -0.2) is 23.4 Å². The Balaban J connectivity index is 3.05. The van der Waals surface area contributed by atoms with Crippen LogP contribution in [-0.2, 0) is 0 Å².